The first-order valence-electron chi connectivity index (χ1n) is 7.34. The lowest BCUT2D eigenvalue weighted by Gasteiger charge is -2.38. The molecule has 0 amide bonds. The lowest BCUT2D eigenvalue weighted by molar-refractivity contribution is -0.274. The highest BCUT2D eigenvalue weighted by atomic mass is 27.0. The molecule has 0 bridgehead atoms. The average Bonchev–Trinajstić information content (AvgIpc) is 2.50. The van der Waals surface area contributed by atoms with E-state index in [2.05, 4.69) is 0 Å². The second-order valence-electron chi connectivity index (χ2n) is 4.94. The molecule has 0 aromatic heterocycles. The molecule has 0 aliphatic carbocycles. The Hall–Kier alpha value is -0.688. The van der Waals surface area contributed by atoms with Crippen molar-refractivity contribution in [3.05, 3.63) is 0 Å². The summed E-state index contributed by atoms with van der Waals surface area (Å²) in [5.74, 6) is -6.58. The van der Waals surface area contributed by atoms with E-state index in [4.69, 9.17) is 18.9 Å². The van der Waals surface area contributed by atoms with Gasteiger partial charge in [-0.2, -0.15) is 0 Å². The summed E-state index contributed by atoms with van der Waals surface area (Å²) in [5, 5.41) is 19.0. The van der Waals surface area contributed by atoms with Gasteiger partial charge in [0.15, 0.2) is 17.4 Å². The molecule has 1 aliphatic heterocycles. The molecule has 0 aromatic carbocycles. The first-order valence-corrected chi connectivity index (χ1v) is 7.34. The van der Waals surface area contributed by atoms with Gasteiger partial charge in [0, 0.05) is 20.3 Å². The minimum absolute atomic E-state index is 0. The van der Waals surface area contributed by atoms with Crippen LogP contribution >= 0.6 is 0 Å². The largest absolute Gasteiger partial charge is 0.481 e. The van der Waals surface area contributed by atoms with Gasteiger partial charge in [0.05, 0.1) is 19.3 Å². The second kappa shape index (κ2) is 11.0. The molecule has 23 heavy (non-hydrogen) atoms. The number of rotatable bonds is 10. The summed E-state index contributed by atoms with van der Waals surface area (Å²) >= 11 is 0. The molecule has 1 fully saturated rings. The van der Waals surface area contributed by atoms with Gasteiger partial charge in [0.25, 0.3) is 5.79 Å². The van der Waals surface area contributed by atoms with Crippen molar-refractivity contribution >= 4 is 29.3 Å². The zero-order valence-electron chi connectivity index (χ0n) is 12.9. The Labute approximate surface area is 146 Å². The monoisotopic (exact) mass is 350 g/mol. The van der Waals surface area contributed by atoms with Gasteiger partial charge in [-0.05, 0) is 26.2 Å². The minimum atomic E-state index is -2.30. The van der Waals surface area contributed by atoms with Crippen LogP contribution in [0.15, 0.2) is 0 Å². The van der Waals surface area contributed by atoms with Crippen LogP contribution in [-0.4, -0.2) is 84.9 Å². The fourth-order valence-corrected chi connectivity index (χ4v) is 2.55. The van der Waals surface area contributed by atoms with E-state index in [1.54, 1.807) is 6.92 Å². The quantitative estimate of drug-likeness (QED) is 0.310. The van der Waals surface area contributed by atoms with Gasteiger partial charge < -0.3 is 29.2 Å². The summed E-state index contributed by atoms with van der Waals surface area (Å²) in [5.41, 5.74) is 0. The van der Waals surface area contributed by atoms with E-state index in [9.17, 15) is 19.8 Å². The fraction of sp³-hybridized carbons (Fsp3) is 0.857. The number of carbonyl (C=O) groups is 2. The molecule has 1 aliphatic rings. The third-order valence-corrected chi connectivity index (χ3v) is 3.61. The highest BCUT2D eigenvalue weighted by Crippen LogP contribution is 2.33. The summed E-state index contributed by atoms with van der Waals surface area (Å²) in [7, 11) is 1.12. The maximum atomic E-state index is 11.7. The number of hydrogen-bond donors (Lipinski definition) is 2. The molecule has 0 spiro atoms. The van der Waals surface area contributed by atoms with Crippen LogP contribution in [0.1, 0.15) is 26.2 Å². The number of hydrogen-bond acceptors (Lipinski definition) is 6. The van der Waals surface area contributed by atoms with Gasteiger partial charge in [-0.1, -0.05) is 0 Å². The standard InChI is InChI=1S/C14H24O8.Al.3H/c1-3-20-8-9-22-14(19-2,13(17)18)11(12(15)16)10-6-4-5-7-21-10;;;;/h10-11H,3-9H2,1-2H3,(H,15,16)(H,17,18);;;;. The number of carboxylic acid groups (broad SMARTS) is 2. The van der Waals surface area contributed by atoms with Gasteiger partial charge in [-0.15, -0.1) is 0 Å². The summed E-state index contributed by atoms with van der Waals surface area (Å²) in [4.78, 5) is 23.4. The van der Waals surface area contributed by atoms with Crippen molar-refractivity contribution in [3.63, 3.8) is 0 Å². The van der Waals surface area contributed by atoms with E-state index < -0.39 is 29.7 Å². The molecule has 0 radical (unpaired) electrons. The zero-order valence-corrected chi connectivity index (χ0v) is 12.9. The molecule has 2 N–H and O–H groups in total. The molecule has 8 nitrogen and oxygen atoms in total. The normalized spacial score (nSPS) is 21.7. The number of carboxylic acids is 2. The smallest absolute Gasteiger partial charge is 0.365 e. The van der Waals surface area contributed by atoms with E-state index in [0.29, 0.717) is 19.6 Å². The minimum Gasteiger partial charge on any atom is -0.481 e. The van der Waals surface area contributed by atoms with E-state index >= 15 is 0 Å². The molecular weight excluding hydrogens is 323 g/mol. The molecule has 0 aromatic rings. The van der Waals surface area contributed by atoms with Crippen molar-refractivity contribution in [2.24, 2.45) is 5.92 Å². The topological polar surface area (TPSA) is 112 Å². The van der Waals surface area contributed by atoms with Gasteiger partial charge in [0.2, 0.25) is 0 Å². The van der Waals surface area contributed by atoms with Gasteiger partial charge in [0.1, 0.15) is 5.92 Å². The van der Waals surface area contributed by atoms with Crippen molar-refractivity contribution < 1.29 is 38.7 Å². The highest BCUT2D eigenvalue weighted by molar-refractivity contribution is 5.85. The Balaban J connectivity index is 0.00000484. The van der Waals surface area contributed by atoms with Crippen LogP contribution in [-0.2, 0) is 28.5 Å². The van der Waals surface area contributed by atoms with Crippen molar-refractivity contribution in [2.75, 3.05) is 33.5 Å². The van der Waals surface area contributed by atoms with Crippen LogP contribution in [0.5, 0.6) is 0 Å². The maximum Gasteiger partial charge on any atom is 0.365 e. The molecule has 9 heteroatoms. The van der Waals surface area contributed by atoms with Gasteiger partial charge in [-0.3, -0.25) is 4.79 Å². The average molecular weight is 350 g/mol. The van der Waals surface area contributed by atoms with E-state index in [1.807, 2.05) is 0 Å². The van der Waals surface area contributed by atoms with E-state index in [1.165, 1.54) is 0 Å². The maximum absolute atomic E-state index is 11.7. The second-order valence-corrected chi connectivity index (χ2v) is 4.94. The molecule has 1 saturated heterocycles. The Morgan fingerprint density at radius 1 is 1.30 bits per heavy atom. The zero-order chi connectivity index (χ0) is 16.6. The highest BCUT2D eigenvalue weighted by Gasteiger charge is 2.56. The Morgan fingerprint density at radius 2 is 2.00 bits per heavy atom. The Bertz CT molecular complexity index is 372. The predicted octanol–water partition coefficient (Wildman–Crippen LogP) is -0.447. The van der Waals surface area contributed by atoms with Crippen molar-refractivity contribution in [3.8, 4) is 0 Å². The van der Waals surface area contributed by atoms with E-state index in [-0.39, 0.29) is 30.6 Å². The first-order chi connectivity index (χ1) is 10.5. The number of aliphatic carboxylic acids is 2. The molecule has 3 atom stereocenters. The lowest BCUT2D eigenvalue weighted by atomic mass is 9.87. The van der Waals surface area contributed by atoms with Crippen LogP contribution in [0, 0.1) is 5.92 Å². The Morgan fingerprint density at radius 3 is 2.43 bits per heavy atom. The van der Waals surface area contributed by atoms with Crippen LogP contribution in [0.4, 0.5) is 0 Å². The molecule has 0 saturated carbocycles. The third kappa shape index (κ3) is 5.71. The predicted molar refractivity (Wildman–Crippen MR) is 84.5 cm³/mol. The SMILES string of the molecule is CCOCCOC(OC)(C(=O)O)C(C(=O)O)C1CCCCO1.[AlH3]. The van der Waals surface area contributed by atoms with Crippen LogP contribution in [0.3, 0.4) is 0 Å². The summed E-state index contributed by atoms with van der Waals surface area (Å²) in [6.45, 7) is 2.69. The number of methoxy groups -OCH3 is 1. The van der Waals surface area contributed by atoms with Gasteiger partial charge >= 0.3 is 11.9 Å². The molecule has 1 heterocycles. The third-order valence-electron chi connectivity index (χ3n) is 3.61. The summed E-state index contributed by atoms with van der Waals surface area (Å²) in [6, 6.07) is 0. The molecule has 1 rings (SSSR count). The molecule has 134 valence electrons. The van der Waals surface area contributed by atoms with Crippen molar-refractivity contribution in [1.82, 2.24) is 0 Å². The first kappa shape index (κ1) is 22.3. The fourth-order valence-electron chi connectivity index (χ4n) is 2.55. The molecule has 3 unspecified atom stereocenters. The van der Waals surface area contributed by atoms with Crippen LogP contribution in [0.2, 0.25) is 0 Å². The van der Waals surface area contributed by atoms with Crippen LogP contribution < -0.4 is 0 Å². The Kier molecular flexibility index (Phi) is 10.6. The summed E-state index contributed by atoms with van der Waals surface area (Å²) < 4.78 is 20.9. The number of ether oxygens (including phenoxy) is 4. The lowest BCUT2D eigenvalue weighted by Crippen LogP contribution is -2.58. The van der Waals surface area contributed by atoms with Crippen molar-refractivity contribution in [2.45, 2.75) is 38.1 Å². The molecular formula is C14H27AlO8. The van der Waals surface area contributed by atoms with Crippen LogP contribution in [0.25, 0.3) is 0 Å². The van der Waals surface area contributed by atoms with Gasteiger partial charge in [-0.25, -0.2) is 4.79 Å². The van der Waals surface area contributed by atoms with Crippen molar-refractivity contribution in [1.29, 1.82) is 0 Å². The summed E-state index contributed by atoms with van der Waals surface area (Å²) in [6.07, 6.45) is 1.27. The van der Waals surface area contributed by atoms with E-state index in [0.717, 1.165) is 20.0 Å².